The van der Waals surface area contributed by atoms with Gasteiger partial charge in [-0.15, -0.1) is 0 Å². The Bertz CT molecular complexity index is 768. The highest BCUT2D eigenvalue weighted by molar-refractivity contribution is 7.98. The van der Waals surface area contributed by atoms with Gasteiger partial charge < -0.3 is 9.47 Å². The van der Waals surface area contributed by atoms with Crippen LogP contribution in [0.25, 0.3) is 0 Å². The van der Waals surface area contributed by atoms with Gasteiger partial charge in [-0.2, -0.15) is 0 Å². The number of Topliss-reactive ketones (excluding diaryl/α,β-unsaturated/α-hetero) is 1. The van der Waals surface area contributed by atoms with Gasteiger partial charge in [-0.1, -0.05) is 23.4 Å². The van der Waals surface area contributed by atoms with E-state index in [-0.39, 0.29) is 16.5 Å². The smallest absolute Gasteiger partial charge is 0.359 e. The summed E-state index contributed by atoms with van der Waals surface area (Å²) in [5.74, 6) is -0.429. The number of rotatable bonds is 7. The minimum Gasteiger partial charge on any atom is -0.494 e. The average Bonchev–Trinajstić information content (AvgIpc) is 2.62. The van der Waals surface area contributed by atoms with Gasteiger partial charge >= 0.3 is 5.97 Å². The first-order valence-corrected chi connectivity index (χ1v) is 9.11. The molecule has 0 aliphatic heterocycles. The molecule has 0 saturated carbocycles. The number of aromatic nitrogens is 2. The van der Waals surface area contributed by atoms with E-state index >= 15 is 0 Å². The molecule has 0 saturated heterocycles. The maximum Gasteiger partial charge on any atom is 0.359 e. The van der Waals surface area contributed by atoms with Crippen LogP contribution in [0.15, 0.2) is 35.6 Å². The molecule has 8 heteroatoms. The molecule has 1 aromatic carbocycles. The van der Waals surface area contributed by atoms with E-state index in [1.807, 2.05) is 6.92 Å². The molecule has 0 fully saturated rings. The van der Waals surface area contributed by atoms with Crippen molar-refractivity contribution in [3.8, 4) is 5.75 Å². The fraction of sp³-hybridized carbons (Fsp3) is 0.294. The first-order valence-electron chi connectivity index (χ1n) is 7.50. The molecule has 0 unspecified atom stereocenters. The third-order valence-corrected chi connectivity index (χ3v) is 4.04. The Morgan fingerprint density at radius 1 is 1.28 bits per heavy atom. The number of carbonyl (C=O) groups is 2. The quantitative estimate of drug-likeness (QED) is 0.314. The SMILES string of the molecule is CCOc1ccc(C(=O)[C@H](C)OC(=O)c2nc(SC)ncc2Cl)cc1. The van der Waals surface area contributed by atoms with E-state index < -0.39 is 12.1 Å². The van der Waals surface area contributed by atoms with E-state index in [9.17, 15) is 9.59 Å². The van der Waals surface area contributed by atoms with Gasteiger partial charge in [0.2, 0.25) is 5.78 Å². The summed E-state index contributed by atoms with van der Waals surface area (Å²) in [5.41, 5.74) is 0.356. The maximum atomic E-state index is 12.4. The first kappa shape index (κ1) is 19.2. The molecule has 1 aromatic heterocycles. The van der Waals surface area contributed by atoms with Crippen LogP contribution in [0.3, 0.4) is 0 Å². The van der Waals surface area contributed by atoms with E-state index in [2.05, 4.69) is 9.97 Å². The monoisotopic (exact) mass is 380 g/mol. The average molecular weight is 381 g/mol. The Morgan fingerprint density at radius 3 is 2.56 bits per heavy atom. The van der Waals surface area contributed by atoms with Gasteiger partial charge in [-0.05, 0) is 44.4 Å². The number of hydrogen-bond donors (Lipinski definition) is 0. The van der Waals surface area contributed by atoms with Gasteiger partial charge in [0.15, 0.2) is 17.0 Å². The van der Waals surface area contributed by atoms with E-state index in [1.165, 1.54) is 24.9 Å². The Balaban J connectivity index is 2.09. The summed E-state index contributed by atoms with van der Waals surface area (Å²) in [6, 6.07) is 6.64. The van der Waals surface area contributed by atoms with Crippen LogP contribution >= 0.6 is 23.4 Å². The number of ketones is 1. The highest BCUT2D eigenvalue weighted by atomic mass is 35.5. The summed E-state index contributed by atoms with van der Waals surface area (Å²) >= 11 is 7.21. The summed E-state index contributed by atoms with van der Waals surface area (Å²) in [6.45, 7) is 3.92. The maximum absolute atomic E-state index is 12.4. The minimum absolute atomic E-state index is 0.0626. The van der Waals surface area contributed by atoms with Crippen molar-refractivity contribution in [2.24, 2.45) is 0 Å². The second-order valence-electron chi connectivity index (χ2n) is 4.92. The molecule has 0 radical (unpaired) electrons. The van der Waals surface area contributed by atoms with Crippen molar-refractivity contribution < 1.29 is 19.1 Å². The Labute approximate surface area is 154 Å². The van der Waals surface area contributed by atoms with Crippen molar-refractivity contribution in [3.63, 3.8) is 0 Å². The summed E-state index contributed by atoms with van der Waals surface area (Å²) in [6.07, 6.45) is 2.13. The van der Waals surface area contributed by atoms with E-state index in [1.54, 1.807) is 30.5 Å². The lowest BCUT2D eigenvalue weighted by Gasteiger charge is -2.13. The predicted molar refractivity (Wildman–Crippen MR) is 95.6 cm³/mol. The number of thioether (sulfide) groups is 1. The van der Waals surface area contributed by atoms with E-state index in [0.717, 1.165) is 0 Å². The lowest BCUT2D eigenvalue weighted by molar-refractivity contribution is 0.0312. The second kappa shape index (κ2) is 8.82. The van der Waals surface area contributed by atoms with E-state index in [0.29, 0.717) is 23.1 Å². The molecule has 6 nitrogen and oxygen atoms in total. The molecule has 1 atom stereocenters. The zero-order valence-corrected chi connectivity index (χ0v) is 15.6. The number of hydrogen-bond acceptors (Lipinski definition) is 7. The van der Waals surface area contributed by atoms with Gasteiger partial charge in [0.1, 0.15) is 5.75 Å². The fourth-order valence-electron chi connectivity index (χ4n) is 1.98. The summed E-state index contributed by atoms with van der Waals surface area (Å²) in [7, 11) is 0. The van der Waals surface area contributed by atoms with Crippen LogP contribution in [0.4, 0.5) is 0 Å². The number of esters is 1. The molecule has 0 amide bonds. The molecule has 2 aromatic rings. The largest absolute Gasteiger partial charge is 0.494 e. The molecule has 2 rings (SSSR count). The second-order valence-corrected chi connectivity index (χ2v) is 6.10. The van der Waals surface area contributed by atoms with Crippen molar-refractivity contribution in [1.82, 2.24) is 9.97 Å². The van der Waals surface area contributed by atoms with Crippen molar-refractivity contribution in [1.29, 1.82) is 0 Å². The third-order valence-electron chi connectivity index (χ3n) is 3.20. The molecule has 132 valence electrons. The van der Waals surface area contributed by atoms with Crippen LogP contribution < -0.4 is 4.74 Å². The van der Waals surface area contributed by atoms with Crippen LogP contribution in [-0.2, 0) is 4.74 Å². The van der Waals surface area contributed by atoms with Crippen LogP contribution in [0.2, 0.25) is 5.02 Å². The Morgan fingerprint density at radius 2 is 1.96 bits per heavy atom. The number of benzene rings is 1. The molecule has 1 heterocycles. The van der Waals surface area contributed by atoms with Gasteiger partial charge in [0.05, 0.1) is 17.8 Å². The number of nitrogens with zero attached hydrogens (tertiary/aromatic N) is 2. The van der Waals surface area contributed by atoms with Gasteiger partial charge in [-0.3, -0.25) is 4.79 Å². The van der Waals surface area contributed by atoms with Gasteiger partial charge in [0.25, 0.3) is 0 Å². The topological polar surface area (TPSA) is 78.4 Å². The number of halogens is 1. The highest BCUT2D eigenvalue weighted by Crippen LogP contribution is 2.19. The van der Waals surface area contributed by atoms with Crippen molar-refractivity contribution in [3.05, 3.63) is 46.7 Å². The Hall–Kier alpha value is -2.12. The zero-order chi connectivity index (χ0) is 18.4. The summed E-state index contributed by atoms with van der Waals surface area (Å²) in [5, 5.41) is 0.463. The van der Waals surface area contributed by atoms with E-state index in [4.69, 9.17) is 21.1 Å². The minimum atomic E-state index is -0.978. The zero-order valence-electron chi connectivity index (χ0n) is 14.0. The molecule has 25 heavy (non-hydrogen) atoms. The molecule has 0 bridgehead atoms. The third kappa shape index (κ3) is 4.93. The fourth-order valence-corrected chi connectivity index (χ4v) is 2.49. The van der Waals surface area contributed by atoms with Crippen LogP contribution in [0.1, 0.15) is 34.7 Å². The molecule has 0 aliphatic rings. The summed E-state index contributed by atoms with van der Waals surface area (Å²) < 4.78 is 10.5. The molecular weight excluding hydrogens is 364 g/mol. The van der Waals surface area contributed by atoms with Gasteiger partial charge in [-0.25, -0.2) is 14.8 Å². The van der Waals surface area contributed by atoms with Crippen LogP contribution in [-0.4, -0.2) is 40.7 Å². The molecule has 0 N–H and O–H groups in total. The summed E-state index contributed by atoms with van der Waals surface area (Å²) in [4.78, 5) is 32.6. The molecule has 0 spiro atoms. The van der Waals surface area contributed by atoms with Crippen molar-refractivity contribution in [2.75, 3.05) is 12.9 Å². The standard InChI is InChI=1S/C17H17ClN2O4S/c1-4-23-12-7-5-11(6-8-12)15(21)10(2)24-16(22)14-13(18)9-19-17(20-14)25-3/h5-10H,4H2,1-3H3/t10-/m0/s1. The van der Waals surface area contributed by atoms with Gasteiger partial charge in [0, 0.05) is 5.56 Å². The lowest BCUT2D eigenvalue weighted by atomic mass is 10.1. The molecule has 0 aliphatic carbocycles. The molecular formula is C17H17ClN2O4S. The van der Waals surface area contributed by atoms with Crippen LogP contribution in [0.5, 0.6) is 5.75 Å². The predicted octanol–water partition coefficient (Wildman–Crippen LogP) is 3.68. The van der Waals surface area contributed by atoms with Crippen molar-refractivity contribution in [2.45, 2.75) is 25.1 Å². The van der Waals surface area contributed by atoms with Crippen molar-refractivity contribution >= 4 is 35.1 Å². The number of carbonyl (C=O) groups excluding carboxylic acids is 2. The highest BCUT2D eigenvalue weighted by Gasteiger charge is 2.23. The first-order chi connectivity index (χ1) is 12.0. The lowest BCUT2D eigenvalue weighted by Crippen LogP contribution is -2.25. The van der Waals surface area contributed by atoms with Crippen LogP contribution in [0, 0.1) is 0 Å². The number of ether oxygens (including phenoxy) is 2. The normalized spacial score (nSPS) is 11.7. The Kier molecular flexibility index (Phi) is 6.78.